The van der Waals surface area contributed by atoms with E-state index in [-0.39, 0.29) is 18.2 Å². The standard InChI is InChI=1S/C23H21N5O2/c1-16(29)25-17-9-11-18(12-10-17)26-22(30)14-13-21-27-20-8-5-15-24-23(20)28(21)19-6-3-2-4-7-19/h2-12,15H,13-14H2,1H3,(H,25,29)(H,26,30). The fourth-order valence-corrected chi connectivity index (χ4v) is 3.26. The second-order valence-corrected chi connectivity index (χ2v) is 6.85. The molecule has 2 aromatic heterocycles. The van der Waals surface area contributed by atoms with Crippen LogP contribution in [0, 0.1) is 0 Å². The molecule has 0 aliphatic rings. The summed E-state index contributed by atoms with van der Waals surface area (Å²) < 4.78 is 1.99. The number of nitrogens with one attached hydrogen (secondary N) is 2. The summed E-state index contributed by atoms with van der Waals surface area (Å²) in [6, 6.07) is 20.7. The molecule has 2 aromatic carbocycles. The van der Waals surface area contributed by atoms with Gasteiger partial charge in [0.1, 0.15) is 11.3 Å². The van der Waals surface area contributed by atoms with Crippen molar-refractivity contribution in [3.63, 3.8) is 0 Å². The predicted octanol–water partition coefficient (Wildman–Crippen LogP) is 3.95. The molecule has 2 N–H and O–H groups in total. The summed E-state index contributed by atoms with van der Waals surface area (Å²) in [6.45, 7) is 1.45. The van der Waals surface area contributed by atoms with E-state index in [1.165, 1.54) is 6.92 Å². The minimum Gasteiger partial charge on any atom is -0.326 e. The SMILES string of the molecule is CC(=O)Nc1ccc(NC(=O)CCc2nc3cccnc3n2-c2ccccc2)cc1. The maximum Gasteiger partial charge on any atom is 0.224 e. The van der Waals surface area contributed by atoms with Gasteiger partial charge in [-0.2, -0.15) is 0 Å². The molecule has 7 heteroatoms. The lowest BCUT2D eigenvalue weighted by molar-refractivity contribution is -0.116. The van der Waals surface area contributed by atoms with Crippen molar-refractivity contribution in [1.29, 1.82) is 0 Å². The lowest BCUT2D eigenvalue weighted by atomic mass is 10.2. The Hall–Kier alpha value is -4.00. The Morgan fingerprint density at radius 1 is 0.900 bits per heavy atom. The summed E-state index contributed by atoms with van der Waals surface area (Å²) in [7, 11) is 0. The molecule has 0 saturated carbocycles. The minimum atomic E-state index is -0.136. The van der Waals surface area contributed by atoms with E-state index in [2.05, 4.69) is 20.6 Å². The number of nitrogens with zero attached hydrogens (tertiary/aromatic N) is 3. The molecule has 2 heterocycles. The van der Waals surface area contributed by atoms with Crippen LogP contribution >= 0.6 is 0 Å². The van der Waals surface area contributed by atoms with Crippen molar-refractivity contribution in [3.8, 4) is 5.69 Å². The molecule has 0 atom stereocenters. The number of amides is 2. The highest BCUT2D eigenvalue weighted by Gasteiger charge is 2.14. The number of para-hydroxylation sites is 1. The van der Waals surface area contributed by atoms with Crippen LogP contribution in [0.5, 0.6) is 0 Å². The van der Waals surface area contributed by atoms with Gasteiger partial charge in [0, 0.05) is 43.0 Å². The van der Waals surface area contributed by atoms with Crippen molar-refractivity contribution in [2.24, 2.45) is 0 Å². The first-order valence-corrected chi connectivity index (χ1v) is 9.65. The van der Waals surface area contributed by atoms with Crippen LogP contribution in [0.25, 0.3) is 16.9 Å². The summed E-state index contributed by atoms with van der Waals surface area (Å²) in [5.74, 6) is 0.538. The van der Waals surface area contributed by atoms with Crippen LogP contribution in [0.1, 0.15) is 19.2 Å². The molecule has 0 bridgehead atoms. The molecule has 0 radical (unpaired) electrons. The molecule has 2 amide bonds. The Labute approximate surface area is 173 Å². The lowest BCUT2D eigenvalue weighted by Gasteiger charge is -2.09. The zero-order chi connectivity index (χ0) is 20.9. The van der Waals surface area contributed by atoms with Gasteiger partial charge >= 0.3 is 0 Å². The first kappa shape index (κ1) is 19.3. The number of hydrogen-bond acceptors (Lipinski definition) is 4. The van der Waals surface area contributed by atoms with Crippen molar-refractivity contribution >= 4 is 34.4 Å². The van der Waals surface area contributed by atoms with Crippen LogP contribution in [0.4, 0.5) is 11.4 Å². The van der Waals surface area contributed by atoms with Crippen LogP contribution in [0.2, 0.25) is 0 Å². The molecule has 0 aliphatic carbocycles. The largest absolute Gasteiger partial charge is 0.326 e. The van der Waals surface area contributed by atoms with Gasteiger partial charge in [-0.3, -0.25) is 14.2 Å². The van der Waals surface area contributed by atoms with E-state index in [9.17, 15) is 9.59 Å². The van der Waals surface area contributed by atoms with Crippen LogP contribution < -0.4 is 10.6 Å². The van der Waals surface area contributed by atoms with Gasteiger partial charge in [-0.1, -0.05) is 18.2 Å². The van der Waals surface area contributed by atoms with Crippen molar-refractivity contribution in [1.82, 2.24) is 14.5 Å². The van der Waals surface area contributed by atoms with E-state index < -0.39 is 0 Å². The van der Waals surface area contributed by atoms with Gasteiger partial charge in [-0.25, -0.2) is 9.97 Å². The van der Waals surface area contributed by atoms with Gasteiger partial charge in [-0.05, 0) is 48.5 Å². The van der Waals surface area contributed by atoms with Crippen molar-refractivity contribution < 1.29 is 9.59 Å². The third kappa shape index (κ3) is 4.35. The maximum atomic E-state index is 12.5. The van der Waals surface area contributed by atoms with Gasteiger partial charge in [0.25, 0.3) is 0 Å². The number of rotatable bonds is 6. The van der Waals surface area contributed by atoms with Gasteiger partial charge < -0.3 is 10.6 Å². The molecule has 0 unspecified atom stereocenters. The number of benzene rings is 2. The fourth-order valence-electron chi connectivity index (χ4n) is 3.26. The Kier molecular flexibility index (Phi) is 5.52. The van der Waals surface area contributed by atoms with Gasteiger partial charge in [0.2, 0.25) is 11.8 Å². The van der Waals surface area contributed by atoms with E-state index in [0.29, 0.717) is 17.8 Å². The van der Waals surface area contributed by atoms with Crippen molar-refractivity contribution in [2.45, 2.75) is 19.8 Å². The topological polar surface area (TPSA) is 88.9 Å². The molecule has 150 valence electrons. The monoisotopic (exact) mass is 399 g/mol. The third-order valence-electron chi connectivity index (χ3n) is 4.56. The zero-order valence-electron chi connectivity index (χ0n) is 16.5. The molecular formula is C23H21N5O2. The zero-order valence-corrected chi connectivity index (χ0v) is 16.5. The van der Waals surface area contributed by atoms with Gasteiger partial charge in [0.05, 0.1) is 0 Å². The van der Waals surface area contributed by atoms with Crippen LogP contribution in [0.15, 0.2) is 72.9 Å². The molecule has 30 heavy (non-hydrogen) atoms. The second-order valence-electron chi connectivity index (χ2n) is 6.85. The summed E-state index contributed by atoms with van der Waals surface area (Å²) >= 11 is 0. The number of fused-ring (bicyclic) bond motifs is 1. The summed E-state index contributed by atoms with van der Waals surface area (Å²) in [6.07, 6.45) is 2.50. The fraction of sp³-hybridized carbons (Fsp3) is 0.130. The molecule has 4 rings (SSSR count). The first-order chi connectivity index (χ1) is 14.6. The van der Waals surface area contributed by atoms with Crippen molar-refractivity contribution in [2.75, 3.05) is 10.6 Å². The minimum absolute atomic E-state index is 0.109. The number of imidazole rings is 1. The Morgan fingerprint density at radius 3 is 2.30 bits per heavy atom. The second kappa shape index (κ2) is 8.57. The number of pyridine rings is 1. The Bertz CT molecular complexity index is 1180. The smallest absolute Gasteiger partial charge is 0.224 e. The maximum absolute atomic E-state index is 12.5. The van der Waals surface area contributed by atoms with Crippen LogP contribution in [-0.2, 0) is 16.0 Å². The summed E-state index contributed by atoms with van der Waals surface area (Å²) in [4.78, 5) is 32.7. The molecular weight excluding hydrogens is 378 g/mol. The van der Waals surface area contributed by atoms with Gasteiger partial charge in [-0.15, -0.1) is 0 Å². The summed E-state index contributed by atoms with van der Waals surface area (Å²) in [5.41, 5.74) is 3.89. The molecule has 7 nitrogen and oxygen atoms in total. The van der Waals surface area contributed by atoms with E-state index in [0.717, 1.165) is 22.7 Å². The number of aromatic nitrogens is 3. The number of aryl methyl sites for hydroxylation is 1. The highest BCUT2D eigenvalue weighted by atomic mass is 16.2. The van der Waals surface area contributed by atoms with Gasteiger partial charge in [0.15, 0.2) is 5.65 Å². The number of anilines is 2. The average molecular weight is 399 g/mol. The number of hydrogen-bond donors (Lipinski definition) is 2. The Balaban J connectivity index is 1.48. The molecule has 0 spiro atoms. The first-order valence-electron chi connectivity index (χ1n) is 9.65. The van der Waals surface area contributed by atoms with Crippen molar-refractivity contribution in [3.05, 3.63) is 78.8 Å². The highest BCUT2D eigenvalue weighted by Crippen LogP contribution is 2.21. The van der Waals surface area contributed by atoms with E-state index >= 15 is 0 Å². The molecule has 0 saturated heterocycles. The number of carbonyl (C=O) groups is 2. The van der Waals surface area contributed by atoms with E-state index in [1.807, 2.05) is 47.0 Å². The molecule has 0 fully saturated rings. The Morgan fingerprint density at radius 2 is 1.60 bits per heavy atom. The summed E-state index contributed by atoms with van der Waals surface area (Å²) in [5, 5.41) is 5.58. The van der Waals surface area contributed by atoms with E-state index in [4.69, 9.17) is 0 Å². The average Bonchev–Trinajstić information content (AvgIpc) is 3.12. The quantitative estimate of drug-likeness (QED) is 0.514. The van der Waals surface area contributed by atoms with Crippen LogP contribution in [-0.4, -0.2) is 26.3 Å². The molecule has 0 aliphatic heterocycles. The van der Waals surface area contributed by atoms with E-state index in [1.54, 1.807) is 30.5 Å². The predicted molar refractivity (Wildman–Crippen MR) is 117 cm³/mol. The van der Waals surface area contributed by atoms with Crippen LogP contribution in [0.3, 0.4) is 0 Å². The molecule has 4 aromatic rings. The lowest BCUT2D eigenvalue weighted by Crippen LogP contribution is -2.14. The number of carbonyl (C=O) groups excluding carboxylic acids is 2. The normalized spacial score (nSPS) is 10.7. The third-order valence-corrected chi connectivity index (χ3v) is 4.56. The highest BCUT2D eigenvalue weighted by molar-refractivity contribution is 5.92.